The molecule has 0 aromatic heterocycles. The molecule has 0 spiro atoms. The standard InChI is InChI=1S/C18H30BO6P/c1-8-9-10-23-15-11-14(12-16(13-15)26(20,21-6)22-7)19-24-17(2,3)18(4,5)25-19/h11-13H,8-10H2,1-7H3. The summed E-state index contributed by atoms with van der Waals surface area (Å²) < 4.78 is 41.2. The molecular formula is C18H30BO6P. The van der Waals surface area contributed by atoms with Crippen molar-refractivity contribution in [2.75, 3.05) is 20.8 Å². The summed E-state index contributed by atoms with van der Waals surface area (Å²) in [6.45, 7) is 10.6. The molecule has 1 aliphatic heterocycles. The minimum absolute atomic E-state index is 0.418. The van der Waals surface area contributed by atoms with Gasteiger partial charge in [-0.3, -0.25) is 4.57 Å². The van der Waals surface area contributed by atoms with Crippen LogP contribution in [0.25, 0.3) is 0 Å². The fourth-order valence-electron chi connectivity index (χ4n) is 2.58. The first kappa shape index (κ1) is 21.5. The monoisotopic (exact) mass is 384 g/mol. The predicted molar refractivity (Wildman–Crippen MR) is 104 cm³/mol. The Morgan fingerprint density at radius 2 is 1.62 bits per heavy atom. The van der Waals surface area contributed by atoms with Crippen molar-refractivity contribution >= 4 is 25.5 Å². The van der Waals surface area contributed by atoms with Crippen molar-refractivity contribution in [3.8, 4) is 5.75 Å². The molecule has 1 fully saturated rings. The van der Waals surface area contributed by atoms with Gasteiger partial charge < -0.3 is 23.1 Å². The van der Waals surface area contributed by atoms with Crippen LogP contribution in [0.15, 0.2) is 18.2 Å². The van der Waals surface area contributed by atoms with Crippen molar-refractivity contribution in [1.82, 2.24) is 0 Å². The third-order valence-electron chi connectivity index (χ3n) is 5.00. The number of hydrogen-bond donors (Lipinski definition) is 0. The van der Waals surface area contributed by atoms with E-state index in [1.165, 1.54) is 14.2 Å². The van der Waals surface area contributed by atoms with Crippen LogP contribution in [0, 0.1) is 0 Å². The number of benzene rings is 1. The van der Waals surface area contributed by atoms with Crippen LogP contribution in [0.5, 0.6) is 5.75 Å². The molecule has 0 unspecified atom stereocenters. The fraction of sp³-hybridized carbons (Fsp3) is 0.667. The van der Waals surface area contributed by atoms with Gasteiger partial charge in [0.15, 0.2) is 0 Å². The van der Waals surface area contributed by atoms with Gasteiger partial charge in [0.1, 0.15) is 5.75 Å². The van der Waals surface area contributed by atoms with Gasteiger partial charge in [-0.1, -0.05) is 13.3 Å². The maximum atomic E-state index is 12.9. The summed E-state index contributed by atoms with van der Waals surface area (Å²) in [5.74, 6) is 0.593. The second-order valence-corrected chi connectivity index (χ2v) is 9.65. The summed E-state index contributed by atoms with van der Waals surface area (Å²) in [4.78, 5) is 0. The molecule has 1 saturated heterocycles. The minimum Gasteiger partial charge on any atom is -0.494 e. The lowest BCUT2D eigenvalue weighted by Crippen LogP contribution is -2.41. The molecule has 6 nitrogen and oxygen atoms in total. The topological polar surface area (TPSA) is 63.2 Å². The average Bonchev–Trinajstić information content (AvgIpc) is 2.82. The zero-order valence-corrected chi connectivity index (χ0v) is 17.7. The molecule has 0 atom stereocenters. The highest BCUT2D eigenvalue weighted by Gasteiger charge is 2.52. The molecular weight excluding hydrogens is 354 g/mol. The molecule has 0 aliphatic carbocycles. The summed E-state index contributed by atoms with van der Waals surface area (Å²) in [6, 6.07) is 5.29. The molecule has 0 amide bonds. The Morgan fingerprint density at radius 1 is 1.04 bits per heavy atom. The van der Waals surface area contributed by atoms with Gasteiger partial charge in [0, 0.05) is 14.2 Å². The fourth-order valence-corrected chi connectivity index (χ4v) is 3.75. The smallest absolute Gasteiger partial charge is 0.494 e. The van der Waals surface area contributed by atoms with E-state index in [2.05, 4.69) is 6.92 Å². The maximum absolute atomic E-state index is 12.9. The van der Waals surface area contributed by atoms with E-state index in [1.807, 2.05) is 33.8 Å². The lowest BCUT2D eigenvalue weighted by Gasteiger charge is -2.32. The Bertz CT molecular complexity index is 652. The van der Waals surface area contributed by atoms with Crippen molar-refractivity contribution in [1.29, 1.82) is 0 Å². The molecule has 1 aromatic carbocycles. The summed E-state index contributed by atoms with van der Waals surface area (Å²) in [5.41, 5.74) is -0.214. The van der Waals surface area contributed by atoms with Crippen LogP contribution in [-0.4, -0.2) is 39.1 Å². The summed E-state index contributed by atoms with van der Waals surface area (Å²) in [6.07, 6.45) is 1.96. The van der Waals surface area contributed by atoms with Gasteiger partial charge in [-0.25, -0.2) is 0 Å². The van der Waals surface area contributed by atoms with E-state index < -0.39 is 25.9 Å². The van der Waals surface area contributed by atoms with Crippen molar-refractivity contribution in [3.05, 3.63) is 18.2 Å². The van der Waals surface area contributed by atoms with Crippen LogP contribution in [0.2, 0.25) is 0 Å². The highest BCUT2D eigenvalue weighted by molar-refractivity contribution is 7.62. The van der Waals surface area contributed by atoms with Gasteiger partial charge in [0.05, 0.1) is 23.1 Å². The number of rotatable bonds is 8. The molecule has 8 heteroatoms. The highest BCUT2D eigenvalue weighted by atomic mass is 31.2. The van der Waals surface area contributed by atoms with Crippen molar-refractivity contribution in [2.45, 2.75) is 58.7 Å². The van der Waals surface area contributed by atoms with Crippen LogP contribution in [-0.2, 0) is 22.9 Å². The molecule has 2 rings (SSSR count). The van der Waals surface area contributed by atoms with Crippen molar-refractivity contribution < 1.29 is 27.7 Å². The van der Waals surface area contributed by atoms with Gasteiger partial charge in [0.25, 0.3) is 0 Å². The molecule has 0 bridgehead atoms. The first-order valence-electron chi connectivity index (χ1n) is 8.94. The van der Waals surface area contributed by atoms with Gasteiger partial charge in [0.2, 0.25) is 0 Å². The minimum atomic E-state index is -3.42. The predicted octanol–water partition coefficient (Wildman–Crippen LogP) is 3.28. The van der Waals surface area contributed by atoms with Crippen LogP contribution in [0.1, 0.15) is 47.5 Å². The van der Waals surface area contributed by atoms with E-state index in [-0.39, 0.29) is 0 Å². The van der Waals surface area contributed by atoms with Crippen LogP contribution >= 0.6 is 7.60 Å². The van der Waals surface area contributed by atoms with Gasteiger partial charge >= 0.3 is 14.7 Å². The average molecular weight is 384 g/mol. The lowest BCUT2D eigenvalue weighted by molar-refractivity contribution is 0.00578. The van der Waals surface area contributed by atoms with Crippen LogP contribution in [0.3, 0.4) is 0 Å². The Labute approximate surface area is 157 Å². The maximum Gasteiger partial charge on any atom is 0.494 e. The van der Waals surface area contributed by atoms with Crippen LogP contribution in [0.4, 0.5) is 0 Å². The first-order valence-corrected chi connectivity index (χ1v) is 10.5. The molecule has 0 radical (unpaired) electrons. The second kappa shape index (κ2) is 8.03. The van der Waals surface area contributed by atoms with E-state index >= 15 is 0 Å². The molecule has 1 heterocycles. The quantitative estimate of drug-likeness (QED) is 0.390. The van der Waals surface area contributed by atoms with Crippen molar-refractivity contribution in [3.63, 3.8) is 0 Å². The summed E-state index contributed by atoms with van der Waals surface area (Å²) in [7, 11) is -1.28. The molecule has 146 valence electrons. The largest absolute Gasteiger partial charge is 0.494 e. The Balaban J connectivity index is 2.42. The number of unbranched alkanes of at least 4 members (excludes halogenated alkanes) is 1. The molecule has 0 saturated carbocycles. The molecule has 1 aliphatic rings. The third kappa shape index (κ3) is 4.34. The van der Waals surface area contributed by atoms with Gasteiger partial charge in [-0.15, -0.1) is 0 Å². The van der Waals surface area contributed by atoms with Crippen LogP contribution < -0.4 is 15.5 Å². The third-order valence-corrected chi connectivity index (χ3v) is 6.85. The first-order chi connectivity index (χ1) is 12.1. The van der Waals surface area contributed by atoms with E-state index in [9.17, 15) is 4.57 Å². The Morgan fingerprint density at radius 3 is 2.12 bits per heavy atom. The molecule has 26 heavy (non-hydrogen) atoms. The lowest BCUT2D eigenvalue weighted by atomic mass is 9.79. The second-order valence-electron chi connectivity index (χ2n) is 7.41. The molecule has 1 aromatic rings. The van der Waals surface area contributed by atoms with E-state index in [0.29, 0.717) is 17.7 Å². The van der Waals surface area contributed by atoms with Gasteiger partial charge in [-0.2, -0.15) is 0 Å². The Kier molecular flexibility index (Phi) is 6.63. The zero-order chi connectivity index (χ0) is 19.6. The van der Waals surface area contributed by atoms with Crippen molar-refractivity contribution in [2.24, 2.45) is 0 Å². The summed E-state index contributed by atoms with van der Waals surface area (Å²) >= 11 is 0. The van der Waals surface area contributed by atoms with Gasteiger partial charge in [-0.05, 0) is 57.8 Å². The van der Waals surface area contributed by atoms with E-state index in [0.717, 1.165) is 18.3 Å². The normalized spacial score (nSPS) is 19.0. The number of hydrogen-bond acceptors (Lipinski definition) is 6. The number of ether oxygens (including phenoxy) is 1. The van der Waals surface area contributed by atoms with E-state index in [1.54, 1.807) is 12.1 Å². The summed E-state index contributed by atoms with van der Waals surface area (Å²) in [5, 5.41) is 0.418. The Hall–Kier alpha value is -0.845. The van der Waals surface area contributed by atoms with E-state index in [4.69, 9.17) is 23.1 Å². The SMILES string of the molecule is CCCCOc1cc(B2OC(C)(C)C(C)(C)O2)cc(P(=O)(OC)OC)c1. The highest BCUT2D eigenvalue weighted by Crippen LogP contribution is 2.45. The molecule has 0 N–H and O–H groups in total. The zero-order valence-electron chi connectivity index (χ0n) is 16.8.